The molecule has 0 aromatic rings. The van der Waals surface area contributed by atoms with Crippen molar-refractivity contribution in [3.63, 3.8) is 0 Å². The summed E-state index contributed by atoms with van der Waals surface area (Å²) in [5.41, 5.74) is 1.48. The SMILES string of the molecule is CCC=CCC(C)=CCC. The van der Waals surface area contributed by atoms with E-state index in [2.05, 4.69) is 39.0 Å². The van der Waals surface area contributed by atoms with Gasteiger partial charge >= 0.3 is 0 Å². The summed E-state index contributed by atoms with van der Waals surface area (Å²) in [6.07, 6.45) is 10.2. The van der Waals surface area contributed by atoms with Crippen LogP contribution in [0.5, 0.6) is 0 Å². The molecule has 0 spiro atoms. The zero-order chi connectivity index (χ0) is 7.82. The van der Waals surface area contributed by atoms with Crippen LogP contribution in [0.1, 0.15) is 40.0 Å². The van der Waals surface area contributed by atoms with Crippen molar-refractivity contribution in [2.45, 2.75) is 40.0 Å². The van der Waals surface area contributed by atoms with Gasteiger partial charge in [-0.25, -0.2) is 0 Å². The van der Waals surface area contributed by atoms with Gasteiger partial charge < -0.3 is 0 Å². The Morgan fingerprint density at radius 2 is 1.80 bits per heavy atom. The lowest BCUT2D eigenvalue weighted by Gasteiger charge is -1.92. The van der Waals surface area contributed by atoms with E-state index in [4.69, 9.17) is 0 Å². The molecule has 0 bridgehead atoms. The maximum atomic E-state index is 2.28. The molecule has 0 saturated heterocycles. The Morgan fingerprint density at radius 1 is 1.10 bits per heavy atom. The zero-order valence-corrected chi connectivity index (χ0v) is 7.35. The van der Waals surface area contributed by atoms with Crippen molar-refractivity contribution in [3.8, 4) is 0 Å². The highest BCUT2D eigenvalue weighted by Crippen LogP contribution is 2.02. The van der Waals surface area contributed by atoms with Crippen molar-refractivity contribution in [2.75, 3.05) is 0 Å². The summed E-state index contributed by atoms with van der Waals surface area (Å²) in [7, 11) is 0. The second-order valence-electron chi connectivity index (χ2n) is 2.54. The number of rotatable bonds is 4. The van der Waals surface area contributed by atoms with Crippen LogP contribution in [0, 0.1) is 0 Å². The quantitative estimate of drug-likeness (QED) is 0.520. The third-order valence-electron chi connectivity index (χ3n) is 1.39. The first-order chi connectivity index (χ1) is 4.81. The molecular formula is C10H18. The Morgan fingerprint density at radius 3 is 2.30 bits per heavy atom. The van der Waals surface area contributed by atoms with Crippen LogP contribution < -0.4 is 0 Å². The molecule has 0 unspecified atom stereocenters. The highest BCUT2D eigenvalue weighted by molar-refractivity contribution is 5.03. The minimum absolute atomic E-state index is 1.13. The molecule has 0 aromatic carbocycles. The van der Waals surface area contributed by atoms with Crippen molar-refractivity contribution in [1.82, 2.24) is 0 Å². The van der Waals surface area contributed by atoms with E-state index in [-0.39, 0.29) is 0 Å². The van der Waals surface area contributed by atoms with E-state index in [0.717, 1.165) is 19.3 Å². The zero-order valence-electron chi connectivity index (χ0n) is 7.35. The minimum atomic E-state index is 1.13. The Kier molecular flexibility index (Phi) is 6.25. The fraction of sp³-hybridized carbons (Fsp3) is 0.600. The van der Waals surface area contributed by atoms with Gasteiger partial charge in [0.15, 0.2) is 0 Å². The standard InChI is InChI=1S/C10H18/c1-4-6-7-9-10(3)8-5-2/h6-8H,4-5,9H2,1-3H3. The van der Waals surface area contributed by atoms with E-state index in [1.807, 2.05) is 0 Å². The Labute approximate surface area is 64.6 Å². The van der Waals surface area contributed by atoms with Gasteiger partial charge in [0, 0.05) is 0 Å². The van der Waals surface area contributed by atoms with Gasteiger partial charge in [-0.2, -0.15) is 0 Å². The van der Waals surface area contributed by atoms with Crippen molar-refractivity contribution in [1.29, 1.82) is 0 Å². The Hall–Kier alpha value is -0.520. The molecule has 0 rings (SSSR count). The van der Waals surface area contributed by atoms with Crippen LogP contribution in [0.3, 0.4) is 0 Å². The first-order valence-electron chi connectivity index (χ1n) is 4.11. The molecular weight excluding hydrogens is 120 g/mol. The first-order valence-corrected chi connectivity index (χ1v) is 4.11. The van der Waals surface area contributed by atoms with Gasteiger partial charge in [-0.05, 0) is 26.2 Å². The molecule has 0 N–H and O–H groups in total. The lowest BCUT2D eigenvalue weighted by atomic mass is 10.2. The molecule has 0 aliphatic heterocycles. The summed E-state index contributed by atoms with van der Waals surface area (Å²) in [5, 5.41) is 0. The topological polar surface area (TPSA) is 0 Å². The normalized spacial score (nSPS) is 12.9. The second-order valence-corrected chi connectivity index (χ2v) is 2.54. The smallest absolute Gasteiger partial charge is 0.0142 e. The summed E-state index contributed by atoms with van der Waals surface area (Å²) in [6, 6.07) is 0. The van der Waals surface area contributed by atoms with Gasteiger partial charge in [0.25, 0.3) is 0 Å². The average molecular weight is 138 g/mol. The van der Waals surface area contributed by atoms with Crippen molar-refractivity contribution >= 4 is 0 Å². The van der Waals surface area contributed by atoms with Crippen LogP contribution in [0.2, 0.25) is 0 Å². The molecule has 0 amide bonds. The molecule has 0 aromatic heterocycles. The summed E-state index contributed by atoms with van der Waals surface area (Å²) in [4.78, 5) is 0. The third kappa shape index (κ3) is 5.61. The lowest BCUT2D eigenvalue weighted by Crippen LogP contribution is -1.71. The van der Waals surface area contributed by atoms with Crippen molar-refractivity contribution in [2.24, 2.45) is 0 Å². The van der Waals surface area contributed by atoms with E-state index in [1.54, 1.807) is 0 Å². The Balaban J connectivity index is 3.48. The summed E-state index contributed by atoms with van der Waals surface area (Å²) >= 11 is 0. The van der Waals surface area contributed by atoms with Crippen molar-refractivity contribution < 1.29 is 0 Å². The van der Waals surface area contributed by atoms with Crippen LogP contribution >= 0.6 is 0 Å². The second kappa shape index (κ2) is 6.60. The number of hydrogen-bond acceptors (Lipinski definition) is 0. The molecule has 0 fully saturated rings. The van der Waals surface area contributed by atoms with E-state index >= 15 is 0 Å². The molecule has 0 radical (unpaired) electrons. The van der Waals surface area contributed by atoms with E-state index in [9.17, 15) is 0 Å². The average Bonchev–Trinajstić information content (AvgIpc) is 1.89. The molecule has 0 heteroatoms. The predicted molar refractivity (Wildman–Crippen MR) is 48.1 cm³/mol. The molecule has 0 aliphatic rings. The van der Waals surface area contributed by atoms with Gasteiger partial charge in [-0.1, -0.05) is 37.6 Å². The van der Waals surface area contributed by atoms with Crippen LogP contribution in [0.4, 0.5) is 0 Å². The molecule has 10 heavy (non-hydrogen) atoms. The minimum Gasteiger partial charge on any atom is -0.0885 e. The van der Waals surface area contributed by atoms with Gasteiger partial charge in [0.1, 0.15) is 0 Å². The van der Waals surface area contributed by atoms with Crippen LogP contribution in [-0.2, 0) is 0 Å². The monoisotopic (exact) mass is 138 g/mol. The molecule has 0 saturated carbocycles. The number of allylic oxidation sites excluding steroid dienone is 4. The predicted octanol–water partition coefficient (Wildman–Crippen LogP) is 3.70. The Bertz CT molecular complexity index is 118. The van der Waals surface area contributed by atoms with E-state index in [1.165, 1.54) is 5.57 Å². The van der Waals surface area contributed by atoms with E-state index < -0.39 is 0 Å². The van der Waals surface area contributed by atoms with Gasteiger partial charge in [0.05, 0.1) is 0 Å². The van der Waals surface area contributed by atoms with E-state index in [0.29, 0.717) is 0 Å². The van der Waals surface area contributed by atoms with Crippen LogP contribution in [0.15, 0.2) is 23.8 Å². The highest BCUT2D eigenvalue weighted by Gasteiger charge is 1.81. The summed E-state index contributed by atoms with van der Waals surface area (Å²) < 4.78 is 0. The van der Waals surface area contributed by atoms with Crippen LogP contribution in [0.25, 0.3) is 0 Å². The van der Waals surface area contributed by atoms with Gasteiger partial charge in [0.2, 0.25) is 0 Å². The summed E-state index contributed by atoms with van der Waals surface area (Å²) in [5.74, 6) is 0. The fourth-order valence-corrected chi connectivity index (χ4v) is 0.868. The maximum Gasteiger partial charge on any atom is -0.0142 e. The molecule has 58 valence electrons. The van der Waals surface area contributed by atoms with Gasteiger partial charge in [-0.3, -0.25) is 0 Å². The van der Waals surface area contributed by atoms with Gasteiger partial charge in [-0.15, -0.1) is 0 Å². The molecule has 0 aliphatic carbocycles. The molecule has 0 heterocycles. The number of hydrogen-bond donors (Lipinski definition) is 0. The largest absolute Gasteiger partial charge is 0.0885 e. The molecule has 0 atom stereocenters. The summed E-state index contributed by atoms with van der Waals surface area (Å²) in [6.45, 7) is 6.52. The third-order valence-corrected chi connectivity index (χ3v) is 1.39. The first kappa shape index (κ1) is 9.48. The molecule has 0 nitrogen and oxygen atoms in total. The van der Waals surface area contributed by atoms with Crippen molar-refractivity contribution in [3.05, 3.63) is 23.8 Å². The highest BCUT2D eigenvalue weighted by atomic mass is 13.9. The lowest BCUT2D eigenvalue weighted by molar-refractivity contribution is 1.11. The maximum absolute atomic E-state index is 2.28. The fourth-order valence-electron chi connectivity index (χ4n) is 0.868. The van der Waals surface area contributed by atoms with Crippen LogP contribution in [-0.4, -0.2) is 0 Å².